The van der Waals surface area contributed by atoms with Crippen molar-refractivity contribution in [3.05, 3.63) is 0 Å². The molecule has 4 nitrogen and oxygen atoms in total. The zero-order valence-electron chi connectivity index (χ0n) is 13.8. The summed E-state index contributed by atoms with van der Waals surface area (Å²) in [4.78, 5) is 2.39. The summed E-state index contributed by atoms with van der Waals surface area (Å²) in [6.45, 7) is 13.2. The molecule has 0 aromatic rings. The van der Waals surface area contributed by atoms with Crippen LogP contribution in [0, 0.1) is 5.41 Å². The SMILES string of the molecule is CCCC1CN(CCS(=O)(=O)CC)C(C(C)(C)C)CN1. The van der Waals surface area contributed by atoms with Gasteiger partial charge in [0, 0.05) is 37.5 Å². The van der Waals surface area contributed by atoms with Crippen LogP contribution in [0.25, 0.3) is 0 Å². The standard InChI is InChI=1S/C15H32N2O2S/c1-6-8-13-12-17(9-10-20(18,19)7-2)14(11-16-13)15(3,4)5/h13-14,16H,6-12H2,1-5H3. The fourth-order valence-corrected chi connectivity index (χ4v) is 3.73. The van der Waals surface area contributed by atoms with Gasteiger partial charge in [-0.1, -0.05) is 41.0 Å². The lowest BCUT2D eigenvalue weighted by molar-refractivity contribution is 0.0591. The molecule has 2 atom stereocenters. The van der Waals surface area contributed by atoms with E-state index in [0.29, 0.717) is 18.6 Å². The van der Waals surface area contributed by atoms with E-state index in [-0.39, 0.29) is 16.9 Å². The van der Waals surface area contributed by atoms with Crippen molar-refractivity contribution in [2.24, 2.45) is 5.41 Å². The molecule has 0 aliphatic carbocycles. The molecule has 0 radical (unpaired) electrons. The second kappa shape index (κ2) is 7.23. The average molecular weight is 305 g/mol. The molecule has 1 heterocycles. The molecule has 0 saturated carbocycles. The maximum absolute atomic E-state index is 11.8. The Morgan fingerprint density at radius 2 is 1.90 bits per heavy atom. The highest BCUT2D eigenvalue weighted by Gasteiger charge is 2.35. The van der Waals surface area contributed by atoms with Gasteiger partial charge >= 0.3 is 0 Å². The second-order valence-corrected chi connectivity index (χ2v) is 9.48. The second-order valence-electron chi connectivity index (χ2n) is 7.01. The Bertz CT molecular complexity index is 387. The Kier molecular flexibility index (Phi) is 6.48. The zero-order chi connectivity index (χ0) is 15.4. The van der Waals surface area contributed by atoms with Crippen LogP contribution in [0.15, 0.2) is 0 Å². The van der Waals surface area contributed by atoms with Gasteiger partial charge in [0.1, 0.15) is 0 Å². The van der Waals surface area contributed by atoms with E-state index in [1.54, 1.807) is 6.92 Å². The minimum absolute atomic E-state index is 0.167. The third kappa shape index (κ3) is 5.34. The lowest BCUT2D eigenvalue weighted by Crippen LogP contribution is -2.61. The summed E-state index contributed by atoms with van der Waals surface area (Å²) >= 11 is 0. The Balaban J connectivity index is 2.72. The first-order valence-corrected chi connectivity index (χ1v) is 9.69. The summed E-state index contributed by atoms with van der Waals surface area (Å²) in [5.41, 5.74) is 0.167. The van der Waals surface area contributed by atoms with Crippen LogP contribution in [0.2, 0.25) is 0 Å². The maximum Gasteiger partial charge on any atom is 0.151 e. The predicted octanol–water partition coefficient (Wildman–Crippen LogP) is 1.91. The van der Waals surface area contributed by atoms with E-state index < -0.39 is 9.84 Å². The van der Waals surface area contributed by atoms with E-state index >= 15 is 0 Å². The highest BCUT2D eigenvalue weighted by molar-refractivity contribution is 7.91. The molecule has 2 unspecified atom stereocenters. The van der Waals surface area contributed by atoms with Gasteiger partial charge in [0.05, 0.1) is 5.75 Å². The van der Waals surface area contributed by atoms with E-state index in [2.05, 4.69) is 37.9 Å². The molecule has 0 spiro atoms. The van der Waals surface area contributed by atoms with Crippen molar-refractivity contribution in [3.63, 3.8) is 0 Å². The van der Waals surface area contributed by atoms with Crippen LogP contribution < -0.4 is 5.32 Å². The van der Waals surface area contributed by atoms with Gasteiger partial charge in [-0.05, 0) is 11.8 Å². The molecule has 0 aromatic heterocycles. The van der Waals surface area contributed by atoms with Crippen molar-refractivity contribution < 1.29 is 8.42 Å². The fraction of sp³-hybridized carbons (Fsp3) is 1.00. The Hall–Kier alpha value is -0.130. The van der Waals surface area contributed by atoms with Gasteiger partial charge in [-0.2, -0.15) is 0 Å². The largest absolute Gasteiger partial charge is 0.311 e. The Labute approximate surface area is 125 Å². The third-order valence-corrected chi connectivity index (χ3v) is 5.95. The Morgan fingerprint density at radius 1 is 1.25 bits per heavy atom. The maximum atomic E-state index is 11.8. The molecule has 20 heavy (non-hydrogen) atoms. The molecule has 1 rings (SSSR count). The monoisotopic (exact) mass is 304 g/mol. The average Bonchev–Trinajstić information content (AvgIpc) is 2.36. The van der Waals surface area contributed by atoms with Gasteiger partial charge in [-0.3, -0.25) is 4.90 Å². The van der Waals surface area contributed by atoms with E-state index in [9.17, 15) is 8.42 Å². The molecular formula is C15H32N2O2S. The molecule has 120 valence electrons. The first kappa shape index (κ1) is 17.9. The van der Waals surface area contributed by atoms with Gasteiger partial charge < -0.3 is 5.32 Å². The van der Waals surface area contributed by atoms with Gasteiger partial charge in [0.25, 0.3) is 0 Å². The zero-order valence-corrected chi connectivity index (χ0v) is 14.6. The molecule has 1 aliphatic rings. The van der Waals surface area contributed by atoms with E-state index in [4.69, 9.17) is 0 Å². The quantitative estimate of drug-likeness (QED) is 0.814. The van der Waals surface area contributed by atoms with Crippen molar-refractivity contribution in [3.8, 4) is 0 Å². The van der Waals surface area contributed by atoms with Crippen LogP contribution in [0.5, 0.6) is 0 Å². The lowest BCUT2D eigenvalue weighted by Gasteiger charge is -2.46. The van der Waals surface area contributed by atoms with Gasteiger partial charge in [0.2, 0.25) is 0 Å². The van der Waals surface area contributed by atoms with Crippen LogP contribution in [0.4, 0.5) is 0 Å². The first-order valence-electron chi connectivity index (χ1n) is 7.87. The van der Waals surface area contributed by atoms with Gasteiger partial charge in [-0.25, -0.2) is 8.42 Å². The molecule has 0 amide bonds. The fourth-order valence-electron chi connectivity index (χ4n) is 2.93. The molecule has 1 fully saturated rings. The predicted molar refractivity (Wildman–Crippen MR) is 85.8 cm³/mol. The normalized spacial score (nSPS) is 25.9. The van der Waals surface area contributed by atoms with Crippen molar-refractivity contribution in [2.45, 2.75) is 59.5 Å². The van der Waals surface area contributed by atoms with Crippen LogP contribution in [-0.4, -0.2) is 56.5 Å². The first-order chi connectivity index (χ1) is 9.19. The summed E-state index contributed by atoms with van der Waals surface area (Å²) in [5.74, 6) is 0.534. The number of hydrogen-bond donors (Lipinski definition) is 1. The van der Waals surface area contributed by atoms with Crippen molar-refractivity contribution in [2.75, 3.05) is 31.1 Å². The van der Waals surface area contributed by atoms with E-state index in [0.717, 1.165) is 19.5 Å². The highest BCUT2D eigenvalue weighted by atomic mass is 32.2. The molecule has 1 saturated heterocycles. The van der Waals surface area contributed by atoms with E-state index in [1.807, 2.05) is 0 Å². The van der Waals surface area contributed by atoms with Gasteiger partial charge in [-0.15, -0.1) is 0 Å². The van der Waals surface area contributed by atoms with Crippen molar-refractivity contribution >= 4 is 9.84 Å². The minimum atomic E-state index is -2.88. The molecule has 0 aromatic carbocycles. The smallest absolute Gasteiger partial charge is 0.151 e. The number of hydrogen-bond acceptors (Lipinski definition) is 4. The molecule has 1 aliphatic heterocycles. The topological polar surface area (TPSA) is 49.4 Å². The highest BCUT2D eigenvalue weighted by Crippen LogP contribution is 2.27. The van der Waals surface area contributed by atoms with Gasteiger partial charge in [0.15, 0.2) is 9.84 Å². The third-order valence-electron chi connectivity index (χ3n) is 4.26. The minimum Gasteiger partial charge on any atom is -0.311 e. The molecule has 5 heteroatoms. The van der Waals surface area contributed by atoms with Crippen LogP contribution in [0.3, 0.4) is 0 Å². The number of sulfone groups is 1. The Morgan fingerprint density at radius 3 is 2.40 bits per heavy atom. The summed E-state index contributed by atoms with van der Waals surface area (Å²) < 4.78 is 23.5. The molecule has 0 bridgehead atoms. The molecule has 1 N–H and O–H groups in total. The number of rotatable bonds is 6. The summed E-state index contributed by atoms with van der Waals surface area (Å²) in [5, 5.41) is 3.63. The number of nitrogens with zero attached hydrogens (tertiary/aromatic N) is 1. The van der Waals surface area contributed by atoms with Crippen LogP contribution in [-0.2, 0) is 9.84 Å². The lowest BCUT2D eigenvalue weighted by atomic mass is 9.83. The summed E-state index contributed by atoms with van der Waals surface area (Å²) in [6, 6.07) is 0.908. The molecular weight excluding hydrogens is 272 g/mol. The number of piperazine rings is 1. The van der Waals surface area contributed by atoms with Crippen molar-refractivity contribution in [1.29, 1.82) is 0 Å². The van der Waals surface area contributed by atoms with E-state index in [1.165, 1.54) is 6.42 Å². The number of nitrogens with one attached hydrogen (secondary N) is 1. The van der Waals surface area contributed by atoms with Crippen LogP contribution >= 0.6 is 0 Å². The summed E-state index contributed by atoms with van der Waals surface area (Å²) in [7, 11) is -2.88. The van der Waals surface area contributed by atoms with Crippen molar-refractivity contribution in [1.82, 2.24) is 10.2 Å². The summed E-state index contributed by atoms with van der Waals surface area (Å²) in [6.07, 6.45) is 2.33. The van der Waals surface area contributed by atoms with Crippen LogP contribution in [0.1, 0.15) is 47.5 Å².